The molecule has 0 radical (unpaired) electrons. The van der Waals surface area contributed by atoms with Crippen LogP contribution in [0.15, 0.2) is 36.7 Å². The van der Waals surface area contributed by atoms with E-state index in [4.69, 9.17) is 5.11 Å². The van der Waals surface area contributed by atoms with E-state index in [0.717, 1.165) is 23.3 Å². The fourth-order valence-corrected chi connectivity index (χ4v) is 2.43. The molecule has 0 unspecified atom stereocenters. The van der Waals surface area contributed by atoms with Crippen LogP contribution >= 0.6 is 0 Å². The molecule has 0 fully saturated rings. The number of carbonyl (C=O) groups is 1. The van der Waals surface area contributed by atoms with Gasteiger partial charge >= 0.3 is 5.97 Å². The summed E-state index contributed by atoms with van der Waals surface area (Å²) in [5.41, 5.74) is 2.83. The number of carboxylic acids is 1. The molecular weight excluding hydrogens is 290 g/mol. The molecule has 0 bridgehead atoms. The minimum Gasteiger partial charge on any atom is -0.476 e. The zero-order valence-electron chi connectivity index (χ0n) is 11.7. The smallest absolute Gasteiger partial charge is 0.356 e. The van der Waals surface area contributed by atoms with Crippen molar-refractivity contribution < 1.29 is 18.7 Å². The number of benzene rings is 1. The molecule has 112 valence electrons. The van der Waals surface area contributed by atoms with E-state index in [9.17, 15) is 13.6 Å². The van der Waals surface area contributed by atoms with Gasteiger partial charge in [-0.1, -0.05) is 12.1 Å². The maximum Gasteiger partial charge on any atom is 0.356 e. The molecule has 0 atom stereocenters. The third kappa shape index (κ3) is 2.55. The van der Waals surface area contributed by atoms with Crippen molar-refractivity contribution in [1.29, 1.82) is 0 Å². The lowest BCUT2D eigenvalue weighted by Crippen LogP contribution is -1.96. The van der Waals surface area contributed by atoms with E-state index in [1.165, 1.54) is 12.3 Å². The molecule has 1 N–H and O–H groups in total. The van der Waals surface area contributed by atoms with E-state index in [0.29, 0.717) is 17.6 Å². The molecule has 22 heavy (non-hydrogen) atoms. The maximum atomic E-state index is 13.3. The molecule has 0 spiro atoms. The number of pyridine rings is 1. The van der Waals surface area contributed by atoms with Gasteiger partial charge in [-0.25, -0.2) is 18.6 Å². The molecule has 0 saturated heterocycles. The molecule has 3 aromatic rings. The number of nitrogens with zero attached hydrogens (tertiary/aromatic N) is 2. The molecule has 2 aromatic heterocycles. The summed E-state index contributed by atoms with van der Waals surface area (Å²) in [7, 11) is 0. The standard InChI is InChI=1S/C16H12F2N2O2/c1-9-4-11(5-10-2-3-12(17)13(18)6-10)7-20-8-14(16(21)22)19-15(9)20/h2-4,6-8H,5H2,1H3,(H,21,22). The van der Waals surface area contributed by atoms with Crippen LogP contribution in [0.3, 0.4) is 0 Å². The average Bonchev–Trinajstić information content (AvgIpc) is 2.88. The summed E-state index contributed by atoms with van der Waals surface area (Å²) in [6, 6.07) is 5.63. The molecule has 0 amide bonds. The summed E-state index contributed by atoms with van der Waals surface area (Å²) < 4.78 is 27.8. The highest BCUT2D eigenvalue weighted by Crippen LogP contribution is 2.17. The zero-order chi connectivity index (χ0) is 15.9. The van der Waals surface area contributed by atoms with Crippen molar-refractivity contribution in [1.82, 2.24) is 9.38 Å². The predicted octanol–water partition coefficient (Wildman–Crippen LogP) is 3.21. The average molecular weight is 302 g/mol. The van der Waals surface area contributed by atoms with E-state index < -0.39 is 17.6 Å². The van der Waals surface area contributed by atoms with Crippen molar-refractivity contribution in [2.24, 2.45) is 0 Å². The van der Waals surface area contributed by atoms with Gasteiger partial charge in [-0.3, -0.25) is 0 Å². The van der Waals surface area contributed by atoms with Gasteiger partial charge < -0.3 is 9.51 Å². The summed E-state index contributed by atoms with van der Waals surface area (Å²) in [6.07, 6.45) is 3.58. The van der Waals surface area contributed by atoms with E-state index in [2.05, 4.69) is 4.98 Å². The summed E-state index contributed by atoms with van der Waals surface area (Å²) in [5.74, 6) is -2.85. The molecule has 0 aliphatic rings. The van der Waals surface area contributed by atoms with Crippen LogP contribution in [0, 0.1) is 18.6 Å². The highest BCUT2D eigenvalue weighted by atomic mass is 19.2. The van der Waals surface area contributed by atoms with Gasteiger partial charge in [0.1, 0.15) is 5.65 Å². The van der Waals surface area contributed by atoms with Gasteiger partial charge in [0.25, 0.3) is 0 Å². The van der Waals surface area contributed by atoms with Crippen molar-refractivity contribution in [3.63, 3.8) is 0 Å². The van der Waals surface area contributed by atoms with Gasteiger partial charge in [-0.05, 0) is 42.2 Å². The Labute approximate surface area is 124 Å². The van der Waals surface area contributed by atoms with E-state index in [1.807, 2.05) is 13.0 Å². The molecule has 0 saturated carbocycles. The van der Waals surface area contributed by atoms with Crippen LogP contribution < -0.4 is 0 Å². The first-order valence-corrected chi connectivity index (χ1v) is 6.59. The predicted molar refractivity (Wildman–Crippen MR) is 76.1 cm³/mol. The van der Waals surface area contributed by atoms with Crippen LogP contribution in [0.5, 0.6) is 0 Å². The van der Waals surface area contributed by atoms with Crippen molar-refractivity contribution in [3.05, 3.63) is 70.7 Å². The van der Waals surface area contributed by atoms with Crippen LogP contribution in [0.25, 0.3) is 5.65 Å². The summed E-state index contributed by atoms with van der Waals surface area (Å²) >= 11 is 0. The van der Waals surface area contributed by atoms with E-state index in [-0.39, 0.29) is 5.69 Å². The number of halogens is 2. The van der Waals surface area contributed by atoms with Gasteiger partial charge in [0.2, 0.25) is 0 Å². The molecule has 6 heteroatoms. The Morgan fingerprint density at radius 1 is 1.18 bits per heavy atom. The third-order valence-electron chi connectivity index (χ3n) is 3.40. The second-order valence-corrected chi connectivity index (χ2v) is 5.12. The van der Waals surface area contributed by atoms with Crippen molar-refractivity contribution in [2.75, 3.05) is 0 Å². The number of hydrogen-bond donors (Lipinski definition) is 1. The number of rotatable bonds is 3. The second-order valence-electron chi connectivity index (χ2n) is 5.12. The fourth-order valence-electron chi connectivity index (χ4n) is 2.43. The van der Waals surface area contributed by atoms with Crippen LogP contribution in [0.1, 0.15) is 27.2 Å². The highest BCUT2D eigenvalue weighted by Gasteiger charge is 2.11. The minimum atomic E-state index is -1.09. The number of carboxylic acid groups (broad SMARTS) is 1. The molecule has 3 rings (SSSR count). The molecule has 1 aromatic carbocycles. The summed E-state index contributed by atoms with van der Waals surface area (Å²) in [5, 5.41) is 8.98. The SMILES string of the molecule is Cc1cc(Cc2ccc(F)c(F)c2)cn2cc(C(=O)O)nc12. The summed E-state index contributed by atoms with van der Waals surface area (Å²) in [6.45, 7) is 1.82. The molecule has 4 nitrogen and oxygen atoms in total. The first-order valence-electron chi connectivity index (χ1n) is 6.59. The maximum absolute atomic E-state index is 13.3. The number of fused-ring (bicyclic) bond motifs is 1. The number of hydrogen-bond acceptors (Lipinski definition) is 2. The normalized spacial score (nSPS) is 11.0. The van der Waals surface area contributed by atoms with Gasteiger partial charge in [-0.15, -0.1) is 0 Å². The first-order chi connectivity index (χ1) is 10.4. The topological polar surface area (TPSA) is 54.6 Å². The first kappa shape index (κ1) is 14.2. The Balaban J connectivity index is 2.00. The Kier molecular flexibility index (Phi) is 3.36. The molecule has 0 aliphatic carbocycles. The van der Waals surface area contributed by atoms with Gasteiger partial charge in [0, 0.05) is 12.4 Å². The van der Waals surface area contributed by atoms with Gasteiger partial charge in [-0.2, -0.15) is 0 Å². The largest absolute Gasteiger partial charge is 0.476 e. The number of aromatic carboxylic acids is 1. The van der Waals surface area contributed by atoms with Crippen LogP contribution in [-0.4, -0.2) is 20.5 Å². The number of aryl methyl sites for hydroxylation is 1. The monoisotopic (exact) mass is 302 g/mol. The fraction of sp³-hybridized carbons (Fsp3) is 0.125. The van der Waals surface area contributed by atoms with Crippen molar-refractivity contribution >= 4 is 11.6 Å². The lowest BCUT2D eigenvalue weighted by Gasteiger charge is -2.06. The van der Waals surface area contributed by atoms with Crippen molar-refractivity contribution in [3.8, 4) is 0 Å². The Morgan fingerprint density at radius 3 is 2.64 bits per heavy atom. The zero-order valence-corrected chi connectivity index (χ0v) is 11.7. The quantitative estimate of drug-likeness (QED) is 0.808. The minimum absolute atomic E-state index is 0.0342. The molecular formula is C16H12F2N2O2. The molecule has 2 heterocycles. The van der Waals surface area contributed by atoms with Gasteiger partial charge in [0.05, 0.1) is 0 Å². The highest BCUT2D eigenvalue weighted by molar-refractivity contribution is 5.86. The van der Waals surface area contributed by atoms with E-state index >= 15 is 0 Å². The van der Waals surface area contributed by atoms with Crippen LogP contribution in [-0.2, 0) is 6.42 Å². The lowest BCUT2D eigenvalue weighted by molar-refractivity contribution is 0.0691. The van der Waals surface area contributed by atoms with E-state index in [1.54, 1.807) is 10.6 Å². The number of aromatic nitrogens is 2. The van der Waals surface area contributed by atoms with Crippen LogP contribution in [0.2, 0.25) is 0 Å². The summed E-state index contributed by atoms with van der Waals surface area (Å²) in [4.78, 5) is 15.0. The molecule has 0 aliphatic heterocycles. The Bertz CT molecular complexity index is 887. The third-order valence-corrected chi connectivity index (χ3v) is 3.40. The Morgan fingerprint density at radius 2 is 1.95 bits per heavy atom. The Hall–Kier alpha value is -2.76. The van der Waals surface area contributed by atoms with Gasteiger partial charge in [0.15, 0.2) is 17.3 Å². The lowest BCUT2D eigenvalue weighted by atomic mass is 10.1. The second kappa shape index (κ2) is 5.22. The van der Waals surface area contributed by atoms with Crippen LogP contribution in [0.4, 0.5) is 8.78 Å². The number of imidazole rings is 1. The van der Waals surface area contributed by atoms with Crippen molar-refractivity contribution in [2.45, 2.75) is 13.3 Å².